The standard InChI is InChI=1S/C15H15ClFN3/c16-11-7-13(17)15(19-8-11)20-9-14-12-4-2-1-3-10(12)5-6-18-14/h1-4,7-8,14,18H,5-6,9H2,(H,19,20). The van der Waals surface area contributed by atoms with Gasteiger partial charge in [0.2, 0.25) is 0 Å². The van der Waals surface area contributed by atoms with Crippen LogP contribution in [0.1, 0.15) is 17.2 Å². The van der Waals surface area contributed by atoms with E-state index in [1.54, 1.807) is 0 Å². The molecular weight excluding hydrogens is 277 g/mol. The van der Waals surface area contributed by atoms with Gasteiger partial charge in [-0.2, -0.15) is 0 Å². The Bertz CT molecular complexity index is 618. The molecule has 1 atom stereocenters. The molecule has 2 aromatic rings. The Morgan fingerprint density at radius 1 is 1.40 bits per heavy atom. The summed E-state index contributed by atoms with van der Waals surface area (Å²) in [7, 11) is 0. The van der Waals surface area contributed by atoms with E-state index in [9.17, 15) is 4.39 Å². The molecule has 104 valence electrons. The molecule has 3 nitrogen and oxygen atoms in total. The number of fused-ring (bicyclic) bond motifs is 1. The van der Waals surface area contributed by atoms with E-state index < -0.39 is 5.82 Å². The minimum absolute atomic E-state index is 0.164. The molecule has 0 spiro atoms. The summed E-state index contributed by atoms with van der Waals surface area (Å²) in [5, 5.41) is 6.78. The Morgan fingerprint density at radius 2 is 2.25 bits per heavy atom. The second-order valence-electron chi connectivity index (χ2n) is 4.82. The van der Waals surface area contributed by atoms with E-state index in [0.717, 1.165) is 13.0 Å². The first-order valence-corrected chi connectivity index (χ1v) is 6.98. The first-order valence-electron chi connectivity index (χ1n) is 6.60. The number of anilines is 1. The minimum Gasteiger partial charge on any atom is -0.366 e. The van der Waals surface area contributed by atoms with Crippen molar-refractivity contribution in [2.24, 2.45) is 0 Å². The fraction of sp³-hybridized carbons (Fsp3) is 0.267. The van der Waals surface area contributed by atoms with Crippen LogP contribution in [-0.4, -0.2) is 18.1 Å². The molecule has 0 radical (unpaired) electrons. The molecular formula is C15H15ClFN3. The SMILES string of the molecule is Fc1cc(Cl)cnc1NCC1NCCc2ccccc21. The highest BCUT2D eigenvalue weighted by atomic mass is 35.5. The zero-order valence-corrected chi connectivity index (χ0v) is 11.6. The van der Waals surface area contributed by atoms with Crippen molar-refractivity contribution in [1.29, 1.82) is 0 Å². The van der Waals surface area contributed by atoms with Crippen LogP contribution in [0.3, 0.4) is 0 Å². The summed E-state index contributed by atoms with van der Waals surface area (Å²) in [6.07, 6.45) is 2.47. The number of rotatable bonds is 3. The van der Waals surface area contributed by atoms with Gasteiger partial charge in [-0.05, 0) is 30.2 Å². The minimum atomic E-state index is -0.429. The van der Waals surface area contributed by atoms with E-state index >= 15 is 0 Å². The molecule has 1 aromatic heterocycles. The molecule has 0 saturated carbocycles. The summed E-state index contributed by atoms with van der Waals surface area (Å²) < 4.78 is 13.7. The Morgan fingerprint density at radius 3 is 3.10 bits per heavy atom. The summed E-state index contributed by atoms with van der Waals surface area (Å²) in [6, 6.07) is 9.76. The highest BCUT2D eigenvalue weighted by Crippen LogP contribution is 2.23. The van der Waals surface area contributed by atoms with E-state index in [-0.39, 0.29) is 11.9 Å². The van der Waals surface area contributed by atoms with E-state index in [2.05, 4.69) is 33.8 Å². The third-order valence-electron chi connectivity index (χ3n) is 3.50. The van der Waals surface area contributed by atoms with Gasteiger partial charge in [-0.25, -0.2) is 9.37 Å². The van der Waals surface area contributed by atoms with Crippen molar-refractivity contribution < 1.29 is 4.39 Å². The largest absolute Gasteiger partial charge is 0.366 e. The number of hydrogen-bond donors (Lipinski definition) is 2. The number of nitrogens with one attached hydrogen (secondary N) is 2. The lowest BCUT2D eigenvalue weighted by Gasteiger charge is -2.27. The fourth-order valence-corrected chi connectivity index (χ4v) is 2.66. The second-order valence-corrected chi connectivity index (χ2v) is 5.26. The van der Waals surface area contributed by atoms with Crippen LogP contribution in [0.25, 0.3) is 0 Å². The van der Waals surface area contributed by atoms with Crippen LogP contribution >= 0.6 is 11.6 Å². The molecule has 20 heavy (non-hydrogen) atoms. The van der Waals surface area contributed by atoms with Crippen molar-refractivity contribution in [2.75, 3.05) is 18.4 Å². The maximum absolute atomic E-state index is 13.7. The van der Waals surface area contributed by atoms with Gasteiger partial charge in [-0.3, -0.25) is 0 Å². The molecule has 0 aliphatic carbocycles. The van der Waals surface area contributed by atoms with Crippen molar-refractivity contribution in [3.05, 3.63) is 58.5 Å². The first kappa shape index (κ1) is 13.3. The molecule has 1 unspecified atom stereocenters. The van der Waals surface area contributed by atoms with Gasteiger partial charge in [0.1, 0.15) is 0 Å². The van der Waals surface area contributed by atoms with Gasteiger partial charge in [-0.1, -0.05) is 35.9 Å². The van der Waals surface area contributed by atoms with Crippen LogP contribution in [0.4, 0.5) is 10.2 Å². The smallest absolute Gasteiger partial charge is 0.166 e. The molecule has 1 aromatic carbocycles. The van der Waals surface area contributed by atoms with Crippen LogP contribution in [0.5, 0.6) is 0 Å². The molecule has 0 bridgehead atoms. The second kappa shape index (κ2) is 5.77. The van der Waals surface area contributed by atoms with Crippen LogP contribution in [0.2, 0.25) is 5.02 Å². The maximum atomic E-state index is 13.7. The molecule has 2 heterocycles. The summed E-state index contributed by atoms with van der Waals surface area (Å²) in [4.78, 5) is 3.97. The lowest BCUT2D eigenvalue weighted by Crippen LogP contribution is -2.34. The van der Waals surface area contributed by atoms with Crippen LogP contribution in [-0.2, 0) is 6.42 Å². The molecule has 5 heteroatoms. The number of nitrogens with zero attached hydrogens (tertiary/aromatic N) is 1. The predicted molar refractivity (Wildman–Crippen MR) is 78.6 cm³/mol. The summed E-state index contributed by atoms with van der Waals surface area (Å²) in [5.74, 6) is -0.194. The lowest BCUT2D eigenvalue weighted by molar-refractivity contribution is 0.521. The Balaban J connectivity index is 1.73. The highest BCUT2D eigenvalue weighted by molar-refractivity contribution is 6.30. The molecule has 1 aliphatic rings. The van der Waals surface area contributed by atoms with Gasteiger partial charge in [0.15, 0.2) is 11.6 Å². The van der Waals surface area contributed by atoms with E-state index in [1.165, 1.54) is 23.4 Å². The normalized spacial score (nSPS) is 17.6. The van der Waals surface area contributed by atoms with Crippen molar-refractivity contribution >= 4 is 17.4 Å². The van der Waals surface area contributed by atoms with Crippen LogP contribution in [0.15, 0.2) is 36.5 Å². The van der Waals surface area contributed by atoms with Gasteiger partial charge in [0.25, 0.3) is 0 Å². The molecule has 0 amide bonds. The Hall–Kier alpha value is -1.65. The average molecular weight is 292 g/mol. The Labute approximate surface area is 122 Å². The summed E-state index contributed by atoms with van der Waals surface area (Å²) in [5.41, 5.74) is 2.61. The van der Waals surface area contributed by atoms with Crippen molar-refractivity contribution in [3.8, 4) is 0 Å². The molecule has 3 rings (SSSR count). The van der Waals surface area contributed by atoms with E-state index in [4.69, 9.17) is 11.6 Å². The first-order chi connectivity index (χ1) is 9.74. The number of benzene rings is 1. The Kier molecular flexibility index (Phi) is 3.85. The van der Waals surface area contributed by atoms with Crippen LogP contribution in [0, 0.1) is 5.82 Å². The van der Waals surface area contributed by atoms with Gasteiger partial charge < -0.3 is 10.6 Å². The molecule has 0 fully saturated rings. The predicted octanol–water partition coefficient (Wildman–Crippen LogP) is 3.17. The van der Waals surface area contributed by atoms with Crippen molar-refractivity contribution in [3.63, 3.8) is 0 Å². The lowest BCUT2D eigenvalue weighted by atomic mass is 9.94. The third kappa shape index (κ3) is 2.76. The summed E-state index contributed by atoms with van der Waals surface area (Å²) >= 11 is 5.69. The van der Waals surface area contributed by atoms with Crippen LogP contribution < -0.4 is 10.6 Å². The van der Waals surface area contributed by atoms with Gasteiger partial charge in [0, 0.05) is 18.8 Å². The van der Waals surface area contributed by atoms with Gasteiger partial charge in [-0.15, -0.1) is 0 Å². The van der Waals surface area contributed by atoms with Crippen molar-refractivity contribution in [2.45, 2.75) is 12.5 Å². The van der Waals surface area contributed by atoms with Gasteiger partial charge >= 0.3 is 0 Å². The van der Waals surface area contributed by atoms with E-state index in [0.29, 0.717) is 11.6 Å². The monoisotopic (exact) mass is 291 g/mol. The molecule has 0 saturated heterocycles. The molecule has 1 aliphatic heterocycles. The summed E-state index contributed by atoms with van der Waals surface area (Å²) in [6.45, 7) is 1.52. The number of aromatic nitrogens is 1. The zero-order valence-electron chi connectivity index (χ0n) is 10.9. The van der Waals surface area contributed by atoms with Crippen molar-refractivity contribution in [1.82, 2.24) is 10.3 Å². The fourth-order valence-electron chi connectivity index (χ4n) is 2.52. The number of hydrogen-bond acceptors (Lipinski definition) is 3. The molecule has 2 N–H and O–H groups in total. The third-order valence-corrected chi connectivity index (χ3v) is 3.70. The van der Waals surface area contributed by atoms with E-state index in [1.807, 2.05) is 6.07 Å². The number of halogens is 2. The number of pyridine rings is 1. The van der Waals surface area contributed by atoms with Gasteiger partial charge in [0.05, 0.1) is 5.02 Å². The quantitative estimate of drug-likeness (QED) is 0.912. The average Bonchev–Trinajstić information content (AvgIpc) is 2.46. The zero-order chi connectivity index (χ0) is 13.9. The maximum Gasteiger partial charge on any atom is 0.166 e. The highest BCUT2D eigenvalue weighted by Gasteiger charge is 2.19. The topological polar surface area (TPSA) is 37.0 Å².